The largest absolute Gasteiger partial charge is 0.444 e. The molecule has 5 nitrogen and oxygen atoms in total. The van der Waals surface area contributed by atoms with E-state index in [4.69, 9.17) is 4.74 Å². The fraction of sp³-hybridized carbons (Fsp3) is 0.875. The smallest absolute Gasteiger partial charge is 0.411 e. The molecule has 1 aliphatic carbocycles. The summed E-state index contributed by atoms with van der Waals surface area (Å²) in [7, 11) is 0. The van der Waals surface area contributed by atoms with E-state index in [-0.39, 0.29) is 18.0 Å². The molecule has 1 atom stereocenters. The summed E-state index contributed by atoms with van der Waals surface area (Å²) in [4.78, 5) is 28.4. The summed E-state index contributed by atoms with van der Waals surface area (Å²) in [5, 5.41) is 0. The zero-order valence-corrected chi connectivity index (χ0v) is 13.7. The number of carbonyl (C=O) groups excluding carboxylic acids is 2. The first kappa shape index (κ1) is 16.1. The summed E-state index contributed by atoms with van der Waals surface area (Å²) in [6, 6.07) is -0.339. The third kappa shape index (κ3) is 4.35. The predicted molar refractivity (Wildman–Crippen MR) is 80.9 cm³/mol. The van der Waals surface area contributed by atoms with Gasteiger partial charge in [-0.25, -0.2) is 4.79 Å². The summed E-state index contributed by atoms with van der Waals surface area (Å²) >= 11 is 0. The Hall–Kier alpha value is -1.26. The molecule has 5 heteroatoms. The van der Waals surface area contributed by atoms with E-state index in [0.717, 1.165) is 18.8 Å². The Balaban J connectivity index is 2.04. The quantitative estimate of drug-likeness (QED) is 0.801. The Bertz CT molecular complexity index is 399. The highest BCUT2D eigenvalue weighted by Crippen LogP contribution is 2.35. The van der Waals surface area contributed by atoms with Gasteiger partial charge in [0.1, 0.15) is 11.6 Å². The van der Waals surface area contributed by atoms with Crippen molar-refractivity contribution >= 4 is 12.0 Å². The number of carbonyl (C=O) groups is 2. The van der Waals surface area contributed by atoms with Crippen LogP contribution in [0.4, 0.5) is 4.79 Å². The maximum atomic E-state index is 12.5. The van der Waals surface area contributed by atoms with E-state index < -0.39 is 5.60 Å². The number of ether oxygens (including phenoxy) is 1. The molecule has 120 valence electrons. The normalized spacial score (nSPS) is 23.4. The molecule has 2 fully saturated rings. The van der Waals surface area contributed by atoms with Crippen LogP contribution in [-0.2, 0) is 9.53 Å². The van der Waals surface area contributed by atoms with E-state index in [2.05, 4.69) is 0 Å². The van der Waals surface area contributed by atoms with Crippen molar-refractivity contribution < 1.29 is 14.3 Å². The average Bonchev–Trinajstić information content (AvgIpc) is 3.18. The standard InChI is InChI=1S/C16H28N2O3/c1-5-17-10-11-18(15(20)21-16(2,3)4)13(14(17)19)9-8-12-6-7-12/h12-13H,5-11H2,1-4H3. The molecule has 21 heavy (non-hydrogen) atoms. The van der Waals surface area contributed by atoms with Crippen LogP contribution < -0.4 is 0 Å². The van der Waals surface area contributed by atoms with Crippen molar-refractivity contribution in [3.05, 3.63) is 0 Å². The van der Waals surface area contributed by atoms with Gasteiger partial charge in [0.25, 0.3) is 0 Å². The molecule has 0 aromatic carbocycles. The van der Waals surface area contributed by atoms with Gasteiger partial charge in [-0.2, -0.15) is 0 Å². The molecule has 0 N–H and O–H groups in total. The van der Waals surface area contributed by atoms with Gasteiger partial charge in [-0.15, -0.1) is 0 Å². The van der Waals surface area contributed by atoms with Crippen LogP contribution in [0.2, 0.25) is 0 Å². The molecule has 1 aliphatic heterocycles. The van der Waals surface area contributed by atoms with E-state index in [9.17, 15) is 9.59 Å². The van der Waals surface area contributed by atoms with Crippen molar-refractivity contribution in [2.75, 3.05) is 19.6 Å². The fourth-order valence-electron chi connectivity index (χ4n) is 2.77. The van der Waals surface area contributed by atoms with Gasteiger partial charge in [0.15, 0.2) is 0 Å². The van der Waals surface area contributed by atoms with E-state index in [1.807, 2.05) is 32.6 Å². The number of amides is 2. The van der Waals surface area contributed by atoms with Gasteiger partial charge in [-0.1, -0.05) is 12.8 Å². The molecule has 2 aliphatic rings. The van der Waals surface area contributed by atoms with Gasteiger partial charge in [0.05, 0.1) is 0 Å². The second-order valence-corrected chi connectivity index (χ2v) is 7.13. The van der Waals surface area contributed by atoms with E-state index >= 15 is 0 Å². The van der Waals surface area contributed by atoms with Crippen molar-refractivity contribution in [2.45, 2.75) is 65.0 Å². The SMILES string of the molecule is CCN1CCN(C(=O)OC(C)(C)C)C(CCC2CC2)C1=O. The van der Waals surface area contributed by atoms with Crippen LogP contribution in [0.15, 0.2) is 0 Å². The number of likely N-dealkylation sites (N-methyl/N-ethyl adjacent to an activating group) is 1. The zero-order valence-electron chi connectivity index (χ0n) is 13.7. The minimum atomic E-state index is -0.525. The minimum Gasteiger partial charge on any atom is -0.444 e. The Labute approximate surface area is 127 Å². The second-order valence-electron chi connectivity index (χ2n) is 7.13. The number of piperazine rings is 1. The van der Waals surface area contributed by atoms with Crippen LogP contribution >= 0.6 is 0 Å². The van der Waals surface area contributed by atoms with Crippen LogP contribution in [0.5, 0.6) is 0 Å². The van der Waals surface area contributed by atoms with Gasteiger partial charge in [-0.05, 0) is 46.5 Å². The number of nitrogens with zero attached hydrogens (tertiary/aromatic N) is 2. The highest BCUT2D eigenvalue weighted by atomic mass is 16.6. The summed E-state index contributed by atoms with van der Waals surface area (Å²) in [6.07, 6.45) is 3.98. The molecule has 0 bridgehead atoms. The molecule has 2 amide bonds. The predicted octanol–water partition coefficient (Wildman–Crippen LogP) is 2.64. The first-order valence-electron chi connectivity index (χ1n) is 8.10. The van der Waals surface area contributed by atoms with E-state index in [0.29, 0.717) is 19.6 Å². The Morgan fingerprint density at radius 1 is 1.24 bits per heavy atom. The van der Waals surface area contributed by atoms with Gasteiger partial charge >= 0.3 is 6.09 Å². The van der Waals surface area contributed by atoms with Crippen molar-refractivity contribution in [3.8, 4) is 0 Å². The molecule has 0 aromatic rings. The zero-order chi connectivity index (χ0) is 15.6. The number of rotatable bonds is 4. The number of hydrogen-bond donors (Lipinski definition) is 0. The van der Waals surface area contributed by atoms with Crippen LogP contribution in [0.25, 0.3) is 0 Å². The lowest BCUT2D eigenvalue weighted by atomic mass is 10.0. The summed E-state index contributed by atoms with van der Waals surface area (Å²) < 4.78 is 5.46. The number of hydrogen-bond acceptors (Lipinski definition) is 3. The monoisotopic (exact) mass is 296 g/mol. The molecule has 0 spiro atoms. The van der Waals surface area contributed by atoms with E-state index in [1.165, 1.54) is 12.8 Å². The first-order valence-corrected chi connectivity index (χ1v) is 8.10. The Kier molecular flexibility index (Phi) is 4.79. The van der Waals surface area contributed by atoms with Crippen molar-refractivity contribution in [1.82, 2.24) is 9.80 Å². The van der Waals surface area contributed by atoms with Crippen molar-refractivity contribution in [1.29, 1.82) is 0 Å². The lowest BCUT2D eigenvalue weighted by molar-refractivity contribution is -0.141. The Morgan fingerprint density at radius 3 is 2.43 bits per heavy atom. The molecule has 0 aromatic heterocycles. The first-order chi connectivity index (χ1) is 9.81. The van der Waals surface area contributed by atoms with Crippen LogP contribution in [-0.4, -0.2) is 53.1 Å². The molecule has 1 saturated carbocycles. The molecule has 1 saturated heterocycles. The van der Waals surface area contributed by atoms with Gasteiger partial charge in [0.2, 0.25) is 5.91 Å². The highest BCUT2D eigenvalue weighted by Gasteiger charge is 2.39. The molecule has 1 unspecified atom stereocenters. The van der Waals surface area contributed by atoms with Gasteiger partial charge < -0.3 is 9.64 Å². The fourth-order valence-corrected chi connectivity index (χ4v) is 2.77. The second kappa shape index (κ2) is 6.24. The molecule has 0 radical (unpaired) electrons. The molecular formula is C16H28N2O3. The summed E-state index contributed by atoms with van der Waals surface area (Å²) in [5.41, 5.74) is -0.525. The molecule has 1 heterocycles. The third-order valence-corrected chi connectivity index (χ3v) is 4.14. The van der Waals surface area contributed by atoms with Gasteiger partial charge in [-0.3, -0.25) is 9.69 Å². The minimum absolute atomic E-state index is 0.0789. The van der Waals surface area contributed by atoms with Crippen LogP contribution in [0.1, 0.15) is 53.4 Å². The topological polar surface area (TPSA) is 49.9 Å². The van der Waals surface area contributed by atoms with Crippen molar-refractivity contribution in [3.63, 3.8) is 0 Å². The van der Waals surface area contributed by atoms with Crippen LogP contribution in [0.3, 0.4) is 0 Å². The maximum Gasteiger partial charge on any atom is 0.411 e. The van der Waals surface area contributed by atoms with E-state index in [1.54, 1.807) is 4.90 Å². The summed E-state index contributed by atoms with van der Waals surface area (Å²) in [5.74, 6) is 0.838. The highest BCUT2D eigenvalue weighted by molar-refractivity contribution is 5.87. The average molecular weight is 296 g/mol. The molecular weight excluding hydrogens is 268 g/mol. The third-order valence-electron chi connectivity index (χ3n) is 4.14. The molecule has 2 rings (SSSR count). The van der Waals surface area contributed by atoms with Crippen LogP contribution in [0, 0.1) is 5.92 Å². The Morgan fingerprint density at radius 2 is 1.90 bits per heavy atom. The van der Waals surface area contributed by atoms with Gasteiger partial charge in [0, 0.05) is 19.6 Å². The maximum absolute atomic E-state index is 12.5. The van der Waals surface area contributed by atoms with Crippen molar-refractivity contribution in [2.24, 2.45) is 5.92 Å². The lowest BCUT2D eigenvalue weighted by Crippen LogP contribution is -2.59. The lowest BCUT2D eigenvalue weighted by Gasteiger charge is -2.40. The summed E-state index contributed by atoms with van der Waals surface area (Å²) in [6.45, 7) is 9.44.